The van der Waals surface area contributed by atoms with Gasteiger partial charge in [0.15, 0.2) is 0 Å². The van der Waals surface area contributed by atoms with E-state index in [0.29, 0.717) is 12.1 Å². The molecule has 0 aromatic heterocycles. The third kappa shape index (κ3) is 1.92. The smallest absolute Gasteiger partial charge is 0.0697 e. The highest BCUT2D eigenvalue weighted by Crippen LogP contribution is 2.44. The number of nitrogens with one attached hydrogen (secondary N) is 1. The van der Waals surface area contributed by atoms with Crippen LogP contribution in [-0.4, -0.2) is 35.5 Å². The van der Waals surface area contributed by atoms with E-state index >= 15 is 0 Å². The standard InChI is InChI=1S/C14H25NO2/c1-13(2)11(8-12(13)16)15-10-4-7-17-14(9-10)5-3-6-14/h10-12,15-16H,3-9H2,1-2H3. The van der Waals surface area contributed by atoms with Gasteiger partial charge in [-0.15, -0.1) is 0 Å². The second-order valence-corrected chi connectivity index (χ2v) is 6.87. The predicted octanol–water partition coefficient (Wildman–Crippen LogP) is 1.84. The highest BCUT2D eigenvalue weighted by atomic mass is 16.5. The summed E-state index contributed by atoms with van der Waals surface area (Å²) in [7, 11) is 0. The Labute approximate surface area is 104 Å². The summed E-state index contributed by atoms with van der Waals surface area (Å²) in [6.45, 7) is 5.24. The normalized spacial score (nSPS) is 42.9. The molecule has 3 rings (SSSR count). The van der Waals surface area contributed by atoms with Crippen LogP contribution in [-0.2, 0) is 4.74 Å². The van der Waals surface area contributed by atoms with Crippen LogP contribution in [0.2, 0.25) is 0 Å². The van der Waals surface area contributed by atoms with Crippen LogP contribution in [0.15, 0.2) is 0 Å². The maximum Gasteiger partial charge on any atom is 0.0697 e. The Balaban J connectivity index is 1.55. The van der Waals surface area contributed by atoms with Crippen molar-refractivity contribution in [2.75, 3.05) is 6.61 Å². The number of aliphatic hydroxyl groups excluding tert-OH is 1. The molecule has 1 saturated heterocycles. The van der Waals surface area contributed by atoms with Crippen molar-refractivity contribution in [2.24, 2.45) is 5.41 Å². The molecule has 0 aromatic carbocycles. The van der Waals surface area contributed by atoms with Gasteiger partial charge in [0.1, 0.15) is 0 Å². The van der Waals surface area contributed by atoms with Gasteiger partial charge in [-0.3, -0.25) is 0 Å². The largest absolute Gasteiger partial charge is 0.392 e. The quantitative estimate of drug-likeness (QED) is 0.772. The van der Waals surface area contributed by atoms with E-state index in [1.165, 1.54) is 25.7 Å². The lowest BCUT2D eigenvalue weighted by Gasteiger charge is -2.53. The average Bonchev–Trinajstić information content (AvgIpc) is 2.27. The van der Waals surface area contributed by atoms with E-state index in [1.807, 2.05) is 0 Å². The Morgan fingerprint density at radius 1 is 1.29 bits per heavy atom. The molecule has 1 aliphatic heterocycles. The maximum atomic E-state index is 9.77. The topological polar surface area (TPSA) is 41.5 Å². The predicted molar refractivity (Wildman–Crippen MR) is 66.9 cm³/mol. The number of aliphatic hydroxyl groups is 1. The monoisotopic (exact) mass is 239 g/mol. The lowest BCUT2D eigenvalue weighted by atomic mass is 9.64. The molecule has 3 nitrogen and oxygen atoms in total. The molecule has 2 aliphatic carbocycles. The minimum atomic E-state index is -0.127. The fourth-order valence-corrected chi connectivity index (χ4v) is 3.56. The third-order valence-electron chi connectivity index (χ3n) is 5.41. The molecule has 3 atom stereocenters. The van der Waals surface area contributed by atoms with Gasteiger partial charge >= 0.3 is 0 Å². The average molecular weight is 239 g/mol. The van der Waals surface area contributed by atoms with Gasteiger partial charge in [-0.25, -0.2) is 0 Å². The van der Waals surface area contributed by atoms with Crippen LogP contribution in [0.5, 0.6) is 0 Å². The molecule has 1 heterocycles. The van der Waals surface area contributed by atoms with Gasteiger partial charge in [-0.1, -0.05) is 13.8 Å². The number of hydrogen-bond donors (Lipinski definition) is 2. The highest BCUT2D eigenvalue weighted by Gasteiger charge is 2.49. The lowest BCUT2D eigenvalue weighted by Crippen LogP contribution is -2.63. The van der Waals surface area contributed by atoms with Gasteiger partial charge in [-0.05, 0) is 38.5 Å². The molecule has 3 aliphatic rings. The summed E-state index contributed by atoms with van der Waals surface area (Å²) in [5.41, 5.74) is 0.271. The zero-order valence-corrected chi connectivity index (χ0v) is 11.0. The summed E-state index contributed by atoms with van der Waals surface area (Å²) in [5, 5.41) is 13.5. The van der Waals surface area contributed by atoms with E-state index in [0.717, 1.165) is 19.4 Å². The van der Waals surface area contributed by atoms with E-state index in [2.05, 4.69) is 19.2 Å². The minimum absolute atomic E-state index is 0.0467. The van der Waals surface area contributed by atoms with Gasteiger partial charge in [0, 0.05) is 24.1 Å². The molecule has 0 radical (unpaired) electrons. The van der Waals surface area contributed by atoms with E-state index < -0.39 is 0 Å². The Kier molecular flexibility index (Phi) is 2.77. The molecule has 0 aromatic rings. The highest BCUT2D eigenvalue weighted by molar-refractivity contribution is 5.04. The molecular formula is C14H25NO2. The second kappa shape index (κ2) is 3.94. The van der Waals surface area contributed by atoms with Crippen LogP contribution in [0, 0.1) is 5.41 Å². The molecule has 3 heteroatoms. The van der Waals surface area contributed by atoms with Crippen molar-refractivity contribution < 1.29 is 9.84 Å². The van der Waals surface area contributed by atoms with Crippen LogP contribution < -0.4 is 5.32 Å². The van der Waals surface area contributed by atoms with Crippen molar-refractivity contribution in [3.63, 3.8) is 0 Å². The van der Waals surface area contributed by atoms with Gasteiger partial charge < -0.3 is 15.2 Å². The molecule has 3 fully saturated rings. The molecule has 98 valence electrons. The first kappa shape index (κ1) is 11.9. The van der Waals surface area contributed by atoms with Gasteiger partial charge in [0.25, 0.3) is 0 Å². The summed E-state index contributed by atoms with van der Waals surface area (Å²) in [5.74, 6) is 0. The van der Waals surface area contributed by atoms with Crippen molar-refractivity contribution in [2.45, 2.75) is 76.2 Å². The third-order valence-corrected chi connectivity index (χ3v) is 5.41. The van der Waals surface area contributed by atoms with Gasteiger partial charge in [-0.2, -0.15) is 0 Å². The summed E-state index contributed by atoms with van der Waals surface area (Å²) < 4.78 is 5.95. The fourth-order valence-electron chi connectivity index (χ4n) is 3.56. The van der Waals surface area contributed by atoms with Gasteiger partial charge in [0.2, 0.25) is 0 Å². The fraction of sp³-hybridized carbons (Fsp3) is 1.00. The molecule has 0 bridgehead atoms. The minimum Gasteiger partial charge on any atom is -0.392 e. The molecule has 2 saturated carbocycles. The van der Waals surface area contributed by atoms with Crippen molar-refractivity contribution >= 4 is 0 Å². The maximum absolute atomic E-state index is 9.77. The van der Waals surface area contributed by atoms with Gasteiger partial charge in [0.05, 0.1) is 11.7 Å². The first-order valence-electron chi connectivity index (χ1n) is 7.10. The first-order chi connectivity index (χ1) is 8.02. The van der Waals surface area contributed by atoms with Crippen LogP contribution in [0.4, 0.5) is 0 Å². The van der Waals surface area contributed by atoms with Crippen LogP contribution in [0.3, 0.4) is 0 Å². The second-order valence-electron chi connectivity index (χ2n) is 6.87. The Morgan fingerprint density at radius 2 is 2.06 bits per heavy atom. The molecule has 3 unspecified atom stereocenters. The molecule has 2 N–H and O–H groups in total. The summed E-state index contributed by atoms with van der Waals surface area (Å²) in [6.07, 6.45) is 6.93. The molecule has 0 amide bonds. The van der Waals surface area contributed by atoms with E-state index in [1.54, 1.807) is 0 Å². The van der Waals surface area contributed by atoms with Crippen LogP contribution in [0.1, 0.15) is 52.4 Å². The lowest BCUT2D eigenvalue weighted by molar-refractivity contribution is -0.144. The van der Waals surface area contributed by atoms with Crippen molar-refractivity contribution in [3.05, 3.63) is 0 Å². The Hall–Kier alpha value is -0.120. The number of ether oxygens (including phenoxy) is 1. The molecular weight excluding hydrogens is 214 g/mol. The van der Waals surface area contributed by atoms with E-state index in [-0.39, 0.29) is 17.1 Å². The number of rotatable bonds is 2. The summed E-state index contributed by atoms with van der Waals surface area (Å²) >= 11 is 0. The van der Waals surface area contributed by atoms with E-state index in [9.17, 15) is 5.11 Å². The molecule has 1 spiro atoms. The molecule has 17 heavy (non-hydrogen) atoms. The number of hydrogen-bond acceptors (Lipinski definition) is 3. The SMILES string of the molecule is CC1(C)C(O)CC1NC1CCOC2(CCC2)C1. The zero-order valence-electron chi connectivity index (χ0n) is 11.0. The van der Waals surface area contributed by atoms with Crippen LogP contribution >= 0.6 is 0 Å². The summed E-state index contributed by atoms with van der Waals surface area (Å²) in [4.78, 5) is 0. The summed E-state index contributed by atoms with van der Waals surface area (Å²) in [6, 6.07) is 1.08. The van der Waals surface area contributed by atoms with Crippen molar-refractivity contribution in [1.82, 2.24) is 5.32 Å². The Bertz CT molecular complexity index is 299. The van der Waals surface area contributed by atoms with Crippen LogP contribution in [0.25, 0.3) is 0 Å². The van der Waals surface area contributed by atoms with Crippen molar-refractivity contribution in [3.8, 4) is 0 Å². The zero-order chi connectivity index (χ0) is 12.1. The van der Waals surface area contributed by atoms with Crippen molar-refractivity contribution in [1.29, 1.82) is 0 Å². The first-order valence-corrected chi connectivity index (χ1v) is 7.10. The van der Waals surface area contributed by atoms with E-state index in [4.69, 9.17) is 4.74 Å². The Morgan fingerprint density at radius 3 is 2.59 bits per heavy atom.